The van der Waals surface area contributed by atoms with E-state index in [9.17, 15) is 4.79 Å². The van der Waals surface area contributed by atoms with Gasteiger partial charge in [-0.3, -0.25) is 4.79 Å². The normalized spacial score (nSPS) is 16.0. The zero-order valence-corrected chi connectivity index (χ0v) is 12.9. The second-order valence-electron chi connectivity index (χ2n) is 5.01. The average Bonchev–Trinajstić information content (AvgIpc) is 2.67. The number of nitrogens with one attached hydrogen (secondary N) is 1. The van der Waals surface area contributed by atoms with E-state index >= 15 is 0 Å². The third-order valence-electron chi connectivity index (χ3n) is 3.45. The molecule has 0 saturated carbocycles. The molecule has 1 aromatic heterocycles. The Morgan fingerprint density at radius 3 is 2.90 bits per heavy atom. The summed E-state index contributed by atoms with van der Waals surface area (Å²) >= 11 is 0. The summed E-state index contributed by atoms with van der Waals surface area (Å²) < 4.78 is 5.38. The Labute approximate surface area is 125 Å². The van der Waals surface area contributed by atoms with E-state index in [0.717, 1.165) is 31.1 Å². The maximum Gasteiger partial charge on any atom is 0.241 e. The molecule has 1 aliphatic heterocycles. The van der Waals surface area contributed by atoms with E-state index in [2.05, 4.69) is 15.3 Å². The number of amides is 1. The smallest absolute Gasteiger partial charge is 0.241 e. The Balaban J connectivity index is 2.22. The van der Waals surface area contributed by atoms with Gasteiger partial charge in [-0.15, -0.1) is 0 Å². The van der Waals surface area contributed by atoms with Crippen molar-refractivity contribution < 1.29 is 9.53 Å². The van der Waals surface area contributed by atoms with Gasteiger partial charge < -0.3 is 19.9 Å². The van der Waals surface area contributed by atoms with Crippen molar-refractivity contribution in [2.45, 2.75) is 20.0 Å². The molecule has 7 heteroatoms. The molecule has 1 saturated heterocycles. The number of carbonyl (C=O) groups is 1. The molecular weight excluding hydrogens is 270 g/mol. The van der Waals surface area contributed by atoms with Crippen molar-refractivity contribution in [3.8, 4) is 0 Å². The number of ether oxygens (including phenoxy) is 1. The first-order chi connectivity index (χ1) is 10.1. The standard InChI is InChI=1S/C14H23N5O2/c1-4-21-10-12-16-11(15-2)8-13(17-12)19-7-5-6-18(3)14(20)9-19/h8H,4-7,9-10H2,1-3H3,(H,15,16,17). The molecule has 1 aromatic rings. The predicted octanol–water partition coefficient (Wildman–Crippen LogP) is 0.723. The summed E-state index contributed by atoms with van der Waals surface area (Å²) in [5, 5.41) is 3.03. The van der Waals surface area contributed by atoms with Crippen LogP contribution < -0.4 is 10.2 Å². The van der Waals surface area contributed by atoms with Crippen molar-refractivity contribution in [3.63, 3.8) is 0 Å². The summed E-state index contributed by atoms with van der Waals surface area (Å²) in [6.45, 7) is 4.88. The molecule has 1 aliphatic rings. The van der Waals surface area contributed by atoms with Crippen molar-refractivity contribution in [2.24, 2.45) is 0 Å². The first-order valence-corrected chi connectivity index (χ1v) is 7.26. The first kappa shape index (κ1) is 15.5. The van der Waals surface area contributed by atoms with Crippen LogP contribution in [0.15, 0.2) is 6.07 Å². The second kappa shape index (κ2) is 7.21. The minimum Gasteiger partial charge on any atom is -0.374 e. The summed E-state index contributed by atoms with van der Waals surface area (Å²) in [5.74, 6) is 2.25. The maximum absolute atomic E-state index is 12.0. The zero-order chi connectivity index (χ0) is 15.2. The fraction of sp³-hybridized carbons (Fsp3) is 0.643. The molecule has 0 spiro atoms. The van der Waals surface area contributed by atoms with Crippen molar-refractivity contribution in [2.75, 3.05) is 50.6 Å². The third kappa shape index (κ3) is 4.04. The van der Waals surface area contributed by atoms with Crippen LogP contribution in [0.5, 0.6) is 0 Å². The lowest BCUT2D eigenvalue weighted by atomic mass is 10.3. The van der Waals surface area contributed by atoms with Crippen LogP contribution in [0.25, 0.3) is 0 Å². The van der Waals surface area contributed by atoms with Crippen molar-refractivity contribution in [3.05, 3.63) is 11.9 Å². The van der Waals surface area contributed by atoms with E-state index < -0.39 is 0 Å². The highest BCUT2D eigenvalue weighted by Crippen LogP contribution is 2.18. The Morgan fingerprint density at radius 2 is 2.19 bits per heavy atom. The molecule has 2 rings (SSSR count). The van der Waals surface area contributed by atoms with Crippen LogP contribution in [0.4, 0.5) is 11.6 Å². The number of aromatic nitrogens is 2. The number of anilines is 2. The van der Waals surface area contributed by atoms with Gasteiger partial charge >= 0.3 is 0 Å². The van der Waals surface area contributed by atoms with Gasteiger partial charge in [0.25, 0.3) is 0 Å². The lowest BCUT2D eigenvalue weighted by Gasteiger charge is -2.21. The molecule has 0 atom stereocenters. The van der Waals surface area contributed by atoms with Gasteiger partial charge in [-0.2, -0.15) is 0 Å². The SMILES string of the molecule is CCOCc1nc(NC)cc(N2CCCN(C)C(=O)C2)n1. The molecule has 21 heavy (non-hydrogen) atoms. The minimum absolute atomic E-state index is 0.114. The van der Waals surface area contributed by atoms with E-state index in [0.29, 0.717) is 25.6 Å². The van der Waals surface area contributed by atoms with E-state index in [1.807, 2.05) is 32.0 Å². The maximum atomic E-state index is 12.0. The van der Waals surface area contributed by atoms with Crippen LogP contribution in [0.3, 0.4) is 0 Å². The molecule has 0 aliphatic carbocycles. The highest BCUT2D eigenvalue weighted by atomic mass is 16.5. The largest absolute Gasteiger partial charge is 0.374 e. The fourth-order valence-electron chi connectivity index (χ4n) is 2.21. The highest BCUT2D eigenvalue weighted by molar-refractivity contribution is 5.81. The van der Waals surface area contributed by atoms with Crippen molar-refractivity contribution >= 4 is 17.5 Å². The average molecular weight is 293 g/mol. The van der Waals surface area contributed by atoms with Crippen LogP contribution in [-0.2, 0) is 16.1 Å². The summed E-state index contributed by atoms with van der Waals surface area (Å²) in [7, 11) is 3.66. The monoisotopic (exact) mass is 293 g/mol. The van der Waals surface area contributed by atoms with Gasteiger partial charge in [0.1, 0.15) is 18.2 Å². The molecule has 0 radical (unpaired) electrons. The number of rotatable bonds is 5. The quantitative estimate of drug-likeness (QED) is 0.863. The Bertz CT molecular complexity index is 494. The number of carbonyl (C=O) groups excluding carboxylic acids is 1. The van der Waals surface area contributed by atoms with E-state index in [1.165, 1.54) is 0 Å². The predicted molar refractivity (Wildman–Crippen MR) is 81.4 cm³/mol. The van der Waals surface area contributed by atoms with E-state index in [1.54, 1.807) is 4.90 Å². The minimum atomic E-state index is 0.114. The summed E-state index contributed by atoms with van der Waals surface area (Å²) in [6.07, 6.45) is 0.932. The van der Waals surface area contributed by atoms with Gasteiger partial charge in [0.05, 0.1) is 6.54 Å². The Morgan fingerprint density at radius 1 is 1.38 bits per heavy atom. The van der Waals surface area contributed by atoms with Crippen molar-refractivity contribution in [1.82, 2.24) is 14.9 Å². The van der Waals surface area contributed by atoms with Gasteiger partial charge in [0.2, 0.25) is 5.91 Å². The van der Waals surface area contributed by atoms with E-state index in [-0.39, 0.29) is 5.91 Å². The van der Waals surface area contributed by atoms with Gasteiger partial charge in [0, 0.05) is 39.9 Å². The van der Waals surface area contributed by atoms with Crippen LogP contribution in [0.2, 0.25) is 0 Å². The van der Waals surface area contributed by atoms with Crippen LogP contribution in [0.1, 0.15) is 19.2 Å². The molecule has 2 heterocycles. The molecule has 1 amide bonds. The first-order valence-electron chi connectivity index (χ1n) is 7.26. The summed E-state index contributed by atoms with van der Waals surface area (Å²) in [5.41, 5.74) is 0. The molecule has 0 aromatic carbocycles. The zero-order valence-electron chi connectivity index (χ0n) is 12.9. The molecule has 0 unspecified atom stereocenters. The molecular formula is C14H23N5O2. The fourth-order valence-corrected chi connectivity index (χ4v) is 2.21. The van der Waals surface area contributed by atoms with Crippen molar-refractivity contribution in [1.29, 1.82) is 0 Å². The number of likely N-dealkylation sites (N-methyl/N-ethyl adjacent to an activating group) is 1. The highest BCUT2D eigenvalue weighted by Gasteiger charge is 2.21. The molecule has 7 nitrogen and oxygen atoms in total. The lowest BCUT2D eigenvalue weighted by molar-refractivity contribution is -0.127. The second-order valence-corrected chi connectivity index (χ2v) is 5.01. The van der Waals surface area contributed by atoms with Crippen LogP contribution in [-0.4, -0.2) is 61.1 Å². The Kier molecular flexibility index (Phi) is 5.32. The summed E-state index contributed by atoms with van der Waals surface area (Å²) in [6, 6.07) is 1.87. The molecule has 116 valence electrons. The lowest BCUT2D eigenvalue weighted by Crippen LogP contribution is -2.35. The van der Waals surface area contributed by atoms with E-state index in [4.69, 9.17) is 4.74 Å². The number of nitrogens with zero attached hydrogens (tertiary/aromatic N) is 4. The van der Waals surface area contributed by atoms with Gasteiger partial charge in [-0.25, -0.2) is 9.97 Å². The van der Waals surface area contributed by atoms with Crippen LogP contribution in [0, 0.1) is 0 Å². The topological polar surface area (TPSA) is 70.6 Å². The molecule has 1 N–H and O–H groups in total. The number of hydrogen-bond acceptors (Lipinski definition) is 6. The molecule has 0 bridgehead atoms. The number of hydrogen-bond donors (Lipinski definition) is 1. The van der Waals surface area contributed by atoms with Gasteiger partial charge in [0.15, 0.2) is 5.82 Å². The summed E-state index contributed by atoms with van der Waals surface area (Å²) in [4.78, 5) is 24.7. The Hall–Kier alpha value is -1.89. The van der Waals surface area contributed by atoms with Crippen LogP contribution >= 0.6 is 0 Å². The third-order valence-corrected chi connectivity index (χ3v) is 3.45. The van der Waals surface area contributed by atoms with Gasteiger partial charge in [-0.1, -0.05) is 0 Å². The van der Waals surface area contributed by atoms with Gasteiger partial charge in [-0.05, 0) is 13.3 Å². The molecule has 1 fully saturated rings.